The van der Waals surface area contributed by atoms with Gasteiger partial charge in [0.05, 0.1) is 4.90 Å². The summed E-state index contributed by atoms with van der Waals surface area (Å²) in [5.74, 6) is 0. The van der Waals surface area contributed by atoms with Crippen molar-refractivity contribution in [3.8, 4) is 0 Å². The van der Waals surface area contributed by atoms with Gasteiger partial charge in [-0.1, -0.05) is 11.6 Å². The van der Waals surface area contributed by atoms with Crippen LogP contribution in [0.4, 0.5) is 16.2 Å². The molecule has 1 heterocycles. The van der Waals surface area contributed by atoms with Crippen LogP contribution in [-0.2, 0) is 16.4 Å². The summed E-state index contributed by atoms with van der Waals surface area (Å²) in [5, 5.41) is 8.50. The van der Waals surface area contributed by atoms with Gasteiger partial charge in [-0.2, -0.15) is 0 Å². The molecule has 2 aromatic carbocycles. The van der Waals surface area contributed by atoms with E-state index in [2.05, 4.69) is 5.32 Å². The molecular weight excluding hydrogens is 338 g/mol. The van der Waals surface area contributed by atoms with Crippen molar-refractivity contribution in [1.82, 2.24) is 0 Å². The Kier molecular flexibility index (Phi) is 4.01. The molecular formula is C15H14ClN3O3S. The van der Waals surface area contributed by atoms with Crippen molar-refractivity contribution in [2.45, 2.75) is 11.3 Å². The van der Waals surface area contributed by atoms with Crippen molar-refractivity contribution in [2.24, 2.45) is 5.14 Å². The second-order valence-corrected chi connectivity index (χ2v) is 7.17. The number of nitrogens with one attached hydrogen (secondary N) is 1. The van der Waals surface area contributed by atoms with Crippen LogP contribution in [0.1, 0.15) is 5.56 Å². The lowest BCUT2D eigenvalue weighted by Crippen LogP contribution is -2.33. The Morgan fingerprint density at radius 2 is 1.87 bits per heavy atom. The Bertz CT molecular complexity index is 866. The highest BCUT2D eigenvalue weighted by atomic mass is 35.5. The third kappa shape index (κ3) is 3.31. The molecule has 0 atom stereocenters. The Balaban J connectivity index is 1.82. The van der Waals surface area contributed by atoms with Gasteiger partial charge in [0.2, 0.25) is 10.0 Å². The molecule has 2 amide bonds. The van der Waals surface area contributed by atoms with Crippen LogP contribution in [0.25, 0.3) is 0 Å². The van der Waals surface area contributed by atoms with E-state index >= 15 is 0 Å². The number of nitrogens with two attached hydrogens (primary N) is 1. The highest BCUT2D eigenvalue weighted by Gasteiger charge is 2.26. The van der Waals surface area contributed by atoms with E-state index in [-0.39, 0.29) is 10.9 Å². The molecule has 3 N–H and O–H groups in total. The van der Waals surface area contributed by atoms with Crippen molar-refractivity contribution < 1.29 is 13.2 Å². The molecule has 0 bridgehead atoms. The minimum Gasteiger partial charge on any atom is -0.308 e. The van der Waals surface area contributed by atoms with Crippen LogP contribution in [0, 0.1) is 0 Å². The van der Waals surface area contributed by atoms with Gasteiger partial charge >= 0.3 is 6.03 Å². The molecule has 8 heteroatoms. The number of carbonyl (C=O) groups excluding carboxylic acids is 1. The smallest absolute Gasteiger partial charge is 0.308 e. The molecule has 120 valence electrons. The van der Waals surface area contributed by atoms with Crippen LogP contribution in [0.15, 0.2) is 47.4 Å². The quantitative estimate of drug-likeness (QED) is 0.870. The Morgan fingerprint density at radius 3 is 2.52 bits per heavy atom. The number of nitrogens with zero attached hydrogens (tertiary/aromatic N) is 1. The number of hydrogen-bond donors (Lipinski definition) is 2. The third-order valence-electron chi connectivity index (χ3n) is 3.62. The number of amides is 2. The van der Waals surface area contributed by atoms with Gasteiger partial charge in [-0.25, -0.2) is 18.4 Å². The molecule has 0 spiro atoms. The van der Waals surface area contributed by atoms with Crippen LogP contribution >= 0.6 is 11.6 Å². The highest BCUT2D eigenvalue weighted by Crippen LogP contribution is 2.30. The zero-order valence-corrected chi connectivity index (χ0v) is 13.6. The molecule has 0 fully saturated rings. The molecule has 0 aromatic heterocycles. The standard InChI is InChI=1S/C15H14ClN3O3S/c16-11-1-3-12(4-2-11)18-15(20)19-8-7-10-9-13(23(17,21)22)5-6-14(10)19/h1-6,9H,7-8H2,(H,18,20)(H2,17,21,22). The van der Waals surface area contributed by atoms with Gasteiger partial charge in [0.15, 0.2) is 0 Å². The summed E-state index contributed by atoms with van der Waals surface area (Å²) >= 11 is 5.81. The van der Waals surface area contributed by atoms with Crippen molar-refractivity contribution in [1.29, 1.82) is 0 Å². The van der Waals surface area contributed by atoms with Gasteiger partial charge in [0.25, 0.3) is 0 Å². The number of anilines is 2. The summed E-state index contributed by atoms with van der Waals surface area (Å²) < 4.78 is 22.8. The molecule has 0 aliphatic carbocycles. The number of benzene rings is 2. The second kappa shape index (κ2) is 5.84. The average Bonchev–Trinajstić information content (AvgIpc) is 2.92. The molecule has 0 saturated carbocycles. The summed E-state index contributed by atoms with van der Waals surface area (Å²) in [7, 11) is -3.75. The number of carbonyl (C=O) groups is 1. The highest BCUT2D eigenvalue weighted by molar-refractivity contribution is 7.89. The minimum absolute atomic E-state index is 0.0520. The van der Waals surface area contributed by atoms with E-state index in [1.165, 1.54) is 12.1 Å². The third-order valence-corrected chi connectivity index (χ3v) is 4.78. The number of urea groups is 1. The summed E-state index contributed by atoms with van der Waals surface area (Å²) in [5.41, 5.74) is 2.10. The first-order valence-corrected chi connectivity index (χ1v) is 8.77. The first-order chi connectivity index (χ1) is 10.8. The monoisotopic (exact) mass is 351 g/mol. The van der Waals surface area contributed by atoms with Crippen LogP contribution < -0.4 is 15.4 Å². The van der Waals surface area contributed by atoms with Gasteiger partial charge in [0.1, 0.15) is 0 Å². The molecule has 3 rings (SSSR count). The lowest BCUT2D eigenvalue weighted by Gasteiger charge is -2.18. The molecule has 6 nitrogen and oxygen atoms in total. The Morgan fingerprint density at radius 1 is 1.17 bits per heavy atom. The summed E-state index contributed by atoms with van der Waals surface area (Å²) in [6, 6.07) is 11.0. The van der Waals surface area contributed by atoms with Gasteiger partial charge < -0.3 is 5.32 Å². The number of halogens is 1. The van der Waals surface area contributed by atoms with E-state index in [1.807, 2.05) is 0 Å². The molecule has 0 unspecified atom stereocenters. The van der Waals surface area contributed by atoms with Crippen LogP contribution in [-0.4, -0.2) is 21.0 Å². The van der Waals surface area contributed by atoms with E-state index in [1.54, 1.807) is 35.2 Å². The molecule has 23 heavy (non-hydrogen) atoms. The second-order valence-electron chi connectivity index (χ2n) is 5.17. The number of rotatable bonds is 2. The lowest BCUT2D eigenvalue weighted by atomic mass is 10.2. The Labute approximate surface area is 138 Å². The SMILES string of the molecule is NS(=O)(=O)c1ccc2c(c1)CCN2C(=O)Nc1ccc(Cl)cc1. The normalized spacial score (nSPS) is 13.7. The molecule has 1 aliphatic rings. The van der Waals surface area contributed by atoms with Gasteiger partial charge in [-0.3, -0.25) is 4.90 Å². The van der Waals surface area contributed by atoms with Crippen molar-refractivity contribution >= 4 is 39.0 Å². The van der Waals surface area contributed by atoms with Gasteiger partial charge in [0, 0.05) is 22.9 Å². The molecule has 0 radical (unpaired) electrons. The fraction of sp³-hybridized carbons (Fsp3) is 0.133. The topological polar surface area (TPSA) is 92.5 Å². The summed E-state index contributed by atoms with van der Waals surface area (Å²) in [6.45, 7) is 0.475. The fourth-order valence-corrected chi connectivity index (χ4v) is 3.18. The molecule has 1 aliphatic heterocycles. The maximum Gasteiger partial charge on any atom is 0.326 e. The fourth-order valence-electron chi connectivity index (χ4n) is 2.49. The van der Waals surface area contributed by atoms with Crippen molar-refractivity contribution in [2.75, 3.05) is 16.8 Å². The first-order valence-electron chi connectivity index (χ1n) is 6.84. The van der Waals surface area contributed by atoms with E-state index < -0.39 is 10.0 Å². The van der Waals surface area contributed by atoms with Gasteiger partial charge in [-0.05, 0) is 54.4 Å². The maximum absolute atomic E-state index is 12.4. The predicted molar refractivity (Wildman–Crippen MR) is 89.3 cm³/mol. The number of primary sulfonamides is 1. The Hall–Kier alpha value is -2.09. The van der Waals surface area contributed by atoms with Crippen LogP contribution in [0.2, 0.25) is 5.02 Å². The number of sulfonamides is 1. The van der Waals surface area contributed by atoms with Crippen LogP contribution in [0.5, 0.6) is 0 Å². The van der Waals surface area contributed by atoms with Gasteiger partial charge in [-0.15, -0.1) is 0 Å². The average molecular weight is 352 g/mol. The van der Waals surface area contributed by atoms with Crippen molar-refractivity contribution in [3.05, 3.63) is 53.1 Å². The largest absolute Gasteiger partial charge is 0.326 e. The number of fused-ring (bicyclic) bond motifs is 1. The van der Waals surface area contributed by atoms with Crippen molar-refractivity contribution in [3.63, 3.8) is 0 Å². The van der Waals surface area contributed by atoms with E-state index in [9.17, 15) is 13.2 Å². The summed E-state index contributed by atoms with van der Waals surface area (Å²) in [4.78, 5) is 14.0. The zero-order chi connectivity index (χ0) is 16.6. The lowest BCUT2D eigenvalue weighted by molar-refractivity contribution is 0.257. The van der Waals surface area contributed by atoms with E-state index in [4.69, 9.17) is 16.7 Å². The van der Waals surface area contributed by atoms with Crippen LogP contribution in [0.3, 0.4) is 0 Å². The van der Waals surface area contributed by atoms with E-state index in [0.717, 1.165) is 5.56 Å². The first kappa shape index (κ1) is 15.8. The predicted octanol–water partition coefficient (Wildman–Crippen LogP) is 2.58. The van der Waals surface area contributed by atoms with E-state index in [0.29, 0.717) is 29.4 Å². The zero-order valence-electron chi connectivity index (χ0n) is 12.0. The minimum atomic E-state index is -3.75. The summed E-state index contributed by atoms with van der Waals surface area (Å²) in [6.07, 6.45) is 0.576. The number of hydrogen-bond acceptors (Lipinski definition) is 3. The molecule has 0 saturated heterocycles. The maximum atomic E-state index is 12.4. The molecule has 2 aromatic rings.